The van der Waals surface area contributed by atoms with Crippen LogP contribution in [0.5, 0.6) is 0 Å². The van der Waals surface area contributed by atoms with Crippen LogP contribution in [0.15, 0.2) is 0 Å². The Morgan fingerprint density at radius 2 is 1.50 bits per heavy atom. The normalized spacial score (nSPS) is 27.2. The van der Waals surface area contributed by atoms with Crippen LogP contribution in [0.2, 0.25) is 0 Å². The van der Waals surface area contributed by atoms with Crippen molar-refractivity contribution < 1.29 is 14.2 Å². The highest BCUT2D eigenvalue weighted by Crippen LogP contribution is 2.30. The third kappa shape index (κ3) is 7.81. The number of ether oxygens (including phenoxy) is 3. The van der Waals surface area contributed by atoms with Crippen LogP contribution >= 0.6 is 0 Å². The van der Waals surface area contributed by atoms with Gasteiger partial charge in [-0.3, -0.25) is 0 Å². The predicted molar refractivity (Wildman–Crippen MR) is 98.5 cm³/mol. The highest BCUT2D eigenvalue weighted by atomic mass is 16.5. The van der Waals surface area contributed by atoms with Crippen molar-refractivity contribution in [3.63, 3.8) is 0 Å². The van der Waals surface area contributed by atoms with Crippen molar-refractivity contribution in [1.82, 2.24) is 4.90 Å². The van der Waals surface area contributed by atoms with Crippen LogP contribution in [0.3, 0.4) is 0 Å². The number of hydrogen-bond donors (Lipinski definition) is 0. The molecule has 4 nitrogen and oxygen atoms in total. The van der Waals surface area contributed by atoms with E-state index in [0.717, 1.165) is 58.5 Å². The monoisotopic (exact) mass is 341 g/mol. The lowest BCUT2D eigenvalue weighted by molar-refractivity contribution is -0.143. The Labute approximate surface area is 149 Å². The standard InChI is InChI=1S/C20H39NO3/c1-19(2,3)15-22-17-13-18(14-17)24-16-7-9-21(10-8-16)11-12-23-20(4,5)6/h16-18H,7-15H2,1-6H3. The van der Waals surface area contributed by atoms with Gasteiger partial charge in [0.25, 0.3) is 0 Å². The third-order valence-electron chi connectivity index (χ3n) is 4.67. The van der Waals surface area contributed by atoms with E-state index < -0.39 is 0 Å². The van der Waals surface area contributed by atoms with E-state index in [-0.39, 0.29) is 11.0 Å². The SMILES string of the molecule is CC(C)(C)COC1CC(OC2CCN(CCOC(C)(C)C)CC2)C1. The molecule has 0 aromatic heterocycles. The number of likely N-dealkylation sites (tertiary alicyclic amines) is 1. The first-order valence-electron chi connectivity index (χ1n) is 9.74. The first kappa shape index (κ1) is 20.2. The number of nitrogens with zero attached hydrogens (tertiary/aromatic N) is 1. The second-order valence-corrected chi connectivity index (χ2v) is 9.73. The van der Waals surface area contributed by atoms with Gasteiger partial charge < -0.3 is 19.1 Å². The molecule has 2 fully saturated rings. The van der Waals surface area contributed by atoms with Gasteiger partial charge >= 0.3 is 0 Å². The number of hydrogen-bond acceptors (Lipinski definition) is 4. The molecule has 4 heteroatoms. The summed E-state index contributed by atoms with van der Waals surface area (Å²) in [6.45, 7) is 18.0. The molecule has 0 N–H and O–H groups in total. The molecular weight excluding hydrogens is 302 g/mol. The number of rotatable bonds is 7. The summed E-state index contributed by atoms with van der Waals surface area (Å²) in [4.78, 5) is 2.50. The van der Waals surface area contributed by atoms with Crippen molar-refractivity contribution in [1.29, 1.82) is 0 Å². The van der Waals surface area contributed by atoms with Gasteiger partial charge in [-0.15, -0.1) is 0 Å². The van der Waals surface area contributed by atoms with Crippen molar-refractivity contribution >= 4 is 0 Å². The molecular formula is C20H39NO3. The zero-order chi connectivity index (χ0) is 17.8. The van der Waals surface area contributed by atoms with Crippen LogP contribution in [-0.4, -0.2) is 61.7 Å². The van der Waals surface area contributed by atoms with E-state index in [1.807, 2.05) is 0 Å². The predicted octanol–water partition coefficient (Wildman–Crippen LogP) is 3.88. The van der Waals surface area contributed by atoms with Crippen LogP contribution in [0.4, 0.5) is 0 Å². The van der Waals surface area contributed by atoms with Crippen LogP contribution in [0, 0.1) is 5.41 Å². The van der Waals surface area contributed by atoms with Gasteiger partial charge in [0.05, 0.1) is 37.1 Å². The largest absolute Gasteiger partial charge is 0.377 e. The Hall–Kier alpha value is -0.160. The molecule has 2 rings (SSSR count). The summed E-state index contributed by atoms with van der Waals surface area (Å²) >= 11 is 0. The molecule has 0 aromatic rings. The van der Waals surface area contributed by atoms with E-state index in [4.69, 9.17) is 14.2 Å². The fraction of sp³-hybridized carbons (Fsp3) is 1.00. The van der Waals surface area contributed by atoms with Gasteiger partial charge in [0.15, 0.2) is 0 Å². The summed E-state index contributed by atoms with van der Waals surface area (Å²) in [5, 5.41) is 0. The molecule has 0 atom stereocenters. The van der Waals surface area contributed by atoms with E-state index in [9.17, 15) is 0 Å². The first-order valence-corrected chi connectivity index (χ1v) is 9.74. The van der Waals surface area contributed by atoms with E-state index in [1.165, 1.54) is 0 Å². The molecule has 0 amide bonds. The second kappa shape index (κ2) is 8.48. The topological polar surface area (TPSA) is 30.9 Å². The molecule has 142 valence electrons. The molecule has 0 spiro atoms. The molecule has 1 aliphatic heterocycles. The van der Waals surface area contributed by atoms with Crippen LogP contribution in [0.25, 0.3) is 0 Å². The van der Waals surface area contributed by atoms with Crippen LogP contribution < -0.4 is 0 Å². The van der Waals surface area contributed by atoms with Gasteiger partial charge in [-0.2, -0.15) is 0 Å². The first-order chi connectivity index (χ1) is 11.1. The Morgan fingerprint density at radius 1 is 0.875 bits per heavy atom. The summed E-state index contributed by atoms with van der Waals surface area (Å²) in [5.41, 5.74) is 0.229. The van der Waals surface area contributed by atoms with E-state index >= 15 is 0 Å². The molecule has 0 unspecified atom stereocenters. The van der Waals surface area contributed by atoms with Crippen molar-refractivity contribution in [3.05, 3.63) is 0 Å². The summed E-state index contributed by atoms with van der Waals surface area (Å²) in [7, 11) is 0. The molecule has 24 heavy (non-hydrogen) atoms. The Balaban J connectivity index is 1.52. The van der Waals surface area contributed by atoms with Crippen molar-refractivity contribution in [2.24, 2.45) is 5.41 Å². The molecule has 0 aromatic carbocycles. The van der Waals surface area contributed by atoms with Crippen LogP contribution in [-0.2, 0) is 14.2 Å². The summed E-state index contributed by atoms with van der Waals surface area (Å²) in [6, 6.07) is 0. The van der Waals surface area contributed by atoms with Gasteiger partial charge in [0.1, 0.15) is 0 Å². The third-order valence-corrected chi connectivity index (χ3v) is 4.67. The van der Waals surface area contributed by atoms with Gasteiger partial charge in [-0.05, 0) is 51.9 Å². The molecule has 2 aliphatic rings. The van der Waals surface area contributed by atoms with Crippen molar-refractivity contribution in [2.45, 2.75) is 91.1 Å². The number of piperidine rings is 1. The van der Waals surface area contributed by atoms with Crippen molar-refractivity contribution in [2.75, 3.05) is 32.8 Å². The highest BCUT2D eigenvalue weighted by molar-refractivity contribution is 4.84. The molecule has 1 heterocycles. The van der Waals surface area contributed by atoms with Gasteiger partial charge in [-0.1, -0.05) is 20.8 Å². The Kier molecular flexibility index (Phi) is 7.12. The minimum absolute atomic E-state index is 0.0305. The van der Waals surface area contributed by atoms with E-state index in [2.05, 4.69) is 46.4 Å². The average molecular weight is 342 g/mol. The fourth-order valence-corrected chi connectivity index (χ4v) is 3.15. The summed E-state index contributed by atoms with van der Waals surface area (Å²) in [6.07, 6.45) is 5.75. The maximum atomic E-state index is 6.26. The minimum Gasteiger partial charge on any atom is -0.377 e. The van der Waals surface area contributed by atoms with Gasteiger partial charge in [0, 0.05) is 19.6 Å². The zero-order valence-corrected chi connectivity index (χ0v) is 16.8. The second-order valence-electron chi connectivity index (χ2n) is 9.73. The van der Waals surface area contributed by atoms with E-state index in [0.29, 0.717) is 18.3 Å². The molecule has 0 radical (unpaired) electrons. The van der Waals surface area contributed by atoms with Gasteiger partial charge in [0.2, 0.25) is 0 Å². The lowest BCUT2D eigenvalue weighted by Crippen LogP contribution is -2.44. The Bertz CT molecular complexity index is 358. The smallest absolute Gasteiger partial charge is 0.0628 e. The quantitative estimate of drug-likeness (QED) is 0.703. The molecule has 1 aliphatic carbocycles. The lowest BCUT2D eigenvalue weighted by atomic mass is 9.90. The maximum absolute atomic E-state index is 6.26. The summed E-state index contributed by atoms with van der Waals surface area (Å²) in [5.74, 6) is 0. The maximum Gasteiger partial charge on any atom is 0.0628 e. The molecule has 1 saturated carbocycles. The zero-order valence-electron chi connectivity index (χ0n) is 16.8. The van der Waals surface area contributed by atoms with Gasteiger partial charge in [-0.25, -0.2) is 0 Å². The fourth-order valence-electron chi connectivity index (χ4n) is 3.15. The highest BCUT2D eigenvalue weighted by Gasteiger charge is 2.34. The van der Waals surface area contributed by atoms with Crippen molar-refractivity contribution in [3.8, 4) is 0 Å². The van der Waals surface area contributed by atoms with Crippen LogP contribution in [0.1, 0.15) is 67.2 Å². The molecule has 0 bridgehead atoms. The minimum atomic E-state index is -0.0305. The summed E-state index contributed by atoms with van der Waals surface area (Å²) < 4.78 is 18.0. The Morgan fingerprint density at radius 3 is 2.04 bits per heavy atom. The van der Waals surface area contributed by atoms with E-state index in [1.54, 1.807) is 0 Å². The molecule has 1 saturated heterocycles. The lowest BCUT2D eigenvalue weighted by Gasteiger charge is -2.40. The average Bonchev–Trinajstić information content (AvgIpc) is 2.40.